The van der Waals surface area contributed by atoms with Crippen LogP contribution in [0.5, 0.6) is 0 Å². The van der Waals surface area contributed by atoms with Gasteiger partial charge in [0.1, 0.15) is 5.82 Å². The average molecular weight is 416 g/mol. The van der Waals surface area contributed by atoms with E-state index in [-0.39, 0.29) is 5.91 Å². The van der Waals surface area contributed by atoms with E-state index < -0.39 is 0 Å². The average Bonchev–Trinajstić information content (AvgIpc) is 2.97. The number of benzene rings is 2. The first-order valence-electron chi connectivity index (χ1n) is 7.72. The molecule has 0 spiro atoms. The predicted octanol–water partition coefficient (Wildman–Crippen LogP) is 4.65. The number of hydrogen-bond acceptors (Lipinski definition) is 4. The molecule has 0 amide bonds. The van der Waals surface area contributed by atoms with Crippen molar-refractivity contribution < 1.29 is 4.79 Å². The predicted molar refractivity (Wildman–Crippen MR) is 101 cm³/mol. The lowest BCUT2D eigenvalue weighted by atomic mass is 10.2. The first-order chi connectivity index (χ1) is 12.1. The van der Waals surface area contributed by atoms with Gasteiger partial charge in [0.05, 0.1) is 16.6 Å². The summed E-state index contributed by atoms with van der Waals surface area (Å²) in [5.74, 6) is 0.437. The van der Waals surface area contributed by atoms with E-state index in [2.05, 4.69) is 30.9 Å². The first kappa shape index (κ1) is 16.2. The van der Waals surface area contributed by atoms with Crippen molar-refractivity contribution in [3.05, 3.63) is 63.3 Å². The Labute approximate surface area is 156 Å². The first-order valence-corrected chi connectivity index (χ1v) is 8.89. The van der Waals surface area contributed by atoms with E-state index in [9.17, 15) is 4.79 Å². The molecule has 0 aliphatic heterocycles. The number of nitrogens with zero attached hydrogens (tertiary/aromatic N) is 4. The van der Waals surface area contributed by atoms with E-state index >= 15 is 0 Å². The maximum absolute atomic E-state index is 13.1. The van der Waals surface area contributed by atoms with Gasteiger partial charge in [0.2, 0.25) is 0 Å². The van der Waals surface area contributed by atoms with Crippen LogP contribution >= 0.6 is 27.5 Å². The molecule has 0 radical (unpaired) electrons. The van der Waals surface area contributed by atoms with Crippen molar-refractivity contribution in [1.29, 1.82) is 0 Å². The number of carbonyl (C=O) groups excluding carboxylic acids is 1. The molecule has 4 rings (SSSR count). The van der Waals surface area contributed by atoms with Crippen molar-refractivity contribution >= 4 is 55.8 Å². The third-order valence-electron chi connectivity index (χ3n) is 3.92. The third kappa shape index (κ3) is 2.71. The van der Waals surface area contributed by atoms with E-state index in [0.717, 1.165) is 4.47 Å². The number of hydrogen-bond donors (Lipinski definition) is 0. The smallest absolute Gasteiger partial charge is 0.266 e. The fourth-order valence-corrected chi connectivity index (χ4v) is 3.35. The lowest BCUT2D eigenvalue weighted by Gasteiger charge is -2.08. The number of halogens is 2. The number of imidazole rings is 1. The van der Waals surface area contributed by atoms with Gasteiger partial charge in [-0.1, -0.05) is 30.7 Å². The quantitative estimate of drug-likeness (QED) is 0.478. The summed E-state index contributed by atoms with van der Waals surface area (Å²) in [6.45, 7) is 1.95. The minimum absolute atomic E-state index is 0.186. The van der Waals surface area contributed by atoms with Crippen LogP contribution < -0.4 is 0 Å². The molecule has 5 nitrogen and oxygen atoms in total. The molecule has 0 fully saturated rings. The molecule has 0 saturated carbocycles. The van der Waals surface area contributed by atoms with Crippen LogP contribution in [0.4, 0.5) is 0 Å². The molecular formula is C18H12BrClN4O. The maximum Gasteiger partial charge on any atom is 0.266 e. The minimum Gasteiger partial charge on any atom is -0.268 e. The fourth-order valence-electron chi connectivity index (χ4n) is 2.73. The van der Waals surface area contributed by atoms with E-state index in [1.807, 2.05) is 25.1 Å². The van der Waals surface area contributed by atoms with Crippen LogP contribution in [0.25, 0.3) is 22.3 Å². The zero-order chi connectivity index (χ0) is 17.6. The molecule has 0 saturated heterocycles. The van der Waals surface area contributed by atoms with Crippen LogP contribution in [0.1, 0.15) is 23.1 Å². The highest BCUT2D eigenvalue weighted by atomic mass is 79.9. The van der Waals surface area contributed by atoms with Gasteiger partial charge in [-0.05, 0) is 46.3 Å². The summed E-state index contributed by atoms with van der Waals surface area (Å²) >= 11 is 9.46. The second kappa shape index (κ2) is 6.20. The molecule has 0 bridgehead atoms. The molecule has 2 aromatic carbocycles. The SMILES string of the molecule is CCc1nc2nc3cc(Cl)ccc3nc2n1C(=O)c1ccccc1Br. The Hall–Kier alpha value is -2.31. The fraction of sp³-hybridized carbons (Fsp3) is 0.111. The number of rotatable bonds is 2. The van der Waals surface area contributed by atoms with Gasteiger partial charge in [0, 0.05) is 15.9 Å². The van der Waals surface area contributed by atoms with E-state index in [4.69, 9.17) is 11.6 Å². The number of carbonyl (C=O) groups is 1. The third-order valence-corrected chi connectivity index (χ3v) is 4.85. The van der Waals surface area contributed by atoms with Gasteiger partial charge in [-0.2, -0.15) is 0 Å². The van der Waals surface area contributed by atoms with Crippen LogP contribution in [0.15, 0.2) is 46.9 Å². The summed E-state index contributed by atoms with van der Waals surface area (Å²) in [6, 6.07) is 12.6. The van der Waals surface area contributed by atoms with Gasteiger partial charge in [-0.3, -0.25) is 4.79 Å². The summed E-state index contributed by atoms with van der Waals surface area (Å²) in [5, 5.41) is 0.584. The Balaban J connectivity index is 2.00. The van der Waals surface area contributed by atoms with Gasteiger partial charge in [-0.15, -0.1) is 0 Å². The number of aryl methyl sites for hydroxylation is 1. The Morgan fingerprint density at radius 1 is 1.12 bits per heavy atom. The van der Waals surface area contributed by atoms with Crippen LogP contribution in [-0.4, -0.2) is 25.4 Å². The topological polar surface area (TPSA) is 60.7 Å². The molecule has 0 atom stereocenters. The zero-order valence-corrected chi connectivity index (χ0v) is 15.5. The summed E-state index contributed by atoms with van der Waals surface area (Å²) in [7, 11) is 0. The van der Waals surface area contributed by atoms with Gasteiger partial charge < -0.3 is 0 Å². The Bertz CT molecular complexity index is 1140. The standard InChI is InChI=1S/C18H12BrClN4O/c1-2-15-23-16-17(22-13-8-7-10(20)9-14(13)21-16)24(15)18(25)11-5-3-4-6-12(11)19/h3-9H,2H2,1H3. The van der Waals surface area contributed by atoms with Gasteiger partial charge in [-0.25, -0.2) is 19.5 Å². The van der Waals surface area contributed by atoms with Gasteiger partial charge >= 0.3 is 0 Å². The second-order valence-electron chi connectivity index (χ2n) is 5.51. The van der Waals surface area contributed by atoms with Crippen LogP contribution in [0.3, 0.4) is 0 Å². The Morgan fingerprint density at radius 3 is 2.68 bits per heavy atom. The normalized spacial score (nSPS) is 11.3. The highest BCUT2D eigenvalue weighted by molar-refractivity contribution is 9.10. The highest BCUT2D eigenvalue weighted by Gasteiger charge is 2.21. The second-order valence-corrected chi connectivity index (χ2v) is 6.80. The maximum atomic E-state index is 13.1. The summed E-state index contributed by atoms with van der Waals surface area (Å²) in [5.41, 5.74) is 2.76. The molecule has 0 aliphatic carbocycles. The molecule has 2 aromatic heterocycles. The minimum atomic E-state index is -0.186. The molecule has 0 N–H and O–H groups in total. The van der Waals surface area contributed by atoms with Crippen molar-refractivity contribution in [2.24, 2.45) is 0 Å². The Morgan fingerprint density at radius 2 is 1.92 bits per heavy atom. The van der Waals surface area contributed by atoms with Crippen molar-refractivity contribution in [2.75, 3.05) is 0 Å². The van der Waals surface area contributed by atoms with E-state index in [1.54, 1.807) is 24.3 Å². The van der Waals surface area contributed by atoms with Crippen molar-refractivity contribution in [3.8, 4) is 0 Å². The lowest BCUT2D eigenvalue weighted by Crippen LogP contribution is -2.16. The molecular weight excluding hydrogens is 404 g/mol. The largest absolute Gasteiger partial charge is 0.268 e. The molecule has 25 heavy (non-hydrogen) atoms. The van der Waals surface area contributed by atoms with Gasteiger partial charge in [0.15, 0.2) is 11.3 Å². The molecule has 0 unspecified atom stereocenters. The molecule has 124 valence electrons. The van der Waals surface area contributed by atoms with Crippen molar-refractivity contribution in [1.82, 2.24) is 19.5 Å². The number of aromatic nitrogens is 4. The monoisotopic (exact) mass is 414 g/mol. The van der Waals surface area contributed by atoms with Crippen LogP contribution in [0.2, 0.25) is 5.02 Å². The zero-order valence-electron chi connectivity index (χ0n) is 13.2. The molecule has 2 heterocycles. The summed E-state index contributed by atoms with van der Waals surface area (Å²) in [6.07, 6.45) is 0.589. The van der Waals surface area contributed by atoms with E-state index in [1.165, 1.54) is 4.57 Å². The highest BCUT2D eigenvalue weighted by Crippen LogP contribution is 2.23. The van der Waals surface area contributed by atoms with Crippen LogP contribution in [-0.2, 0) is 6.42 Å². The van der Waals surface area contributed by atoms with Gasteiger partial charge in [0.25, 0.3) is 5.91 Å². The summed E-state index contributed by atoms with van der Waals surface area (Å²) < 4.78 is 2.26. The lowest BCUT2D eigenvalue weighted by molar-refractivity contribution is 0.0960. The molecule has 0 aliphatic rings. The summed E-state index contributed by atoms with van der Waals surface area (Å²) in [4.78, 5) is 26.7. The van der Waals surface area contributed by atoms with Crippen LogP contribution in [0, 0.1) is 0 Å². The van der Waals surface area contributed by atoms with Crippen molar-refractivity contribution in [2.45, 2.75) is 13.3 Å². The van der Waals surface area contributed by atoms with Crippen molar-refractivity contribution in [3.63, 3.8) is 0 Å². The molecule has 7 heteroatoms. The Kier molecular flexibility index (Phi) is 4.01. The van der Waals surface area contributed by atoms with E-state index in [0.29, 0.717) is 45.2 Å². The number of fused-ring (bicyclic) bond motifs is 2. The molecule has 4 aromatic rings.